The average Bonchev–Trinajstić information content (AvgIpc) is 2.89. The molecule has 0 radical (unpaired) electrons. The van der Waals surface area contributed by atoms with E-state index in [4.69, 9.17) is 10.5 Å². The number of nitrogens with zero attached hydrogens (tertiary/aromatic N) is 1. The highest BCUT2D eigenvalue weighted by atomic mass is 79.9. The van der Waals surface area contributed by atoms with E-state index in [-0.39, 0.29) is 5.69 Å². The van der Waals surface area contributed by atoms with Crippen LogP contribution in [-0.2, 0) is 6.61 Å². The van der Waals surface area contributed by atoms with Gasteiger partial charge in [0, 0.05) is 16.1 Å². The Bertz CT molecular complexity index is 718. The first-order valence-corrected chi connectivity index (χ1v) is 7.60. The van der Waals surface area contributed by atoms with Crippen molar-refractivity contribution in [2.75, 3.05) is 6.54 Å². The van der Waals surface area contributed by atoms with E-state index in [1.807, 2.05) is 11.4 Å². The Labute approximate surface area is 134 Å². The van der Waals surface area contributed by atoms with Crippen LogP contribution in [0.3, 0.4) is 0 Å². The lowest BCUT2D eigenvalue weighted by molar-refractivity contribution is -0.385. The molecule has 1 aromatic carbocycles. The van der Waals surface area contributed by atoms with Gasteiger partial charge >= 0.3 is 0 Å². The SMILES string of the molecule is NCC#Cc1ccsc1COc1cc(Br)cc([N+](=O)[O-])c1. The molecular weight excluding hydrogens is 356 g/mol. The molecule has 1 heterocycles. The zero-order valence-corrected chi connectivity index (χ0v) is 13.2. The summed E-state index contributed by atoms with van der Waals surface area (Å²) in [7, 11) is 0. The second-order valence-electron chi connectivity index (χ2n) is 3.95. The Morgan fingerprint density at radius 3 is 2.95 bits per heavy atom. The van der Waals surface area contributed by atoms with Crippen molar-refractivity contribution in [2.45, 2.75) is 6.61 Å². The Hall–Kier alpha value is -1.88. The normalized spacial score (nSPS) is 9.81. The number of nitrogens with two attached hydrogens (primary N) is 1. The van der Waals surface area contributed by atoms with Crippen molar-refractivity contribution in [1.82, 2.24) is 0 Å². The van der Waals surface area contributed by atoms with Crippen molar-refractivity contribution in [2.24, 2.45) is 5.73 Å². The van der Waals surface area contributed by atoms with Gasteiger partial charge in [-0.3, -0.25) is 10.1 Å². The lowest BCUT2D eigenvalue weighted by Crippen LogP contribution is -1.97. The molecule has 2 N–H and O–H groups in total. The van der Waals surface area contributed by atoms with Crippen molar-refractivity contribution in [1.29, 1.82) is 0 Å². The highest BCUT2D eigenvalue weighted by molar-refractivity contribution is 9.10. The Kier molecular flexibility index (Phi) is 5.33. The number of nitro groups is 1. The van der Waals surface area contributed by atoms with Gasteiger partial charge in [0.15, 0.2) is 0 Å². The number of benzene rings is 1. The molecule has 7 heteroatoms. The number of halogens is 1. The molecule has 0 unspecified atom stereocenters. The van der Waals surface area contributed by atoms with Crippen LogP contribution in [-0.4, -0.2) is 11.5 Å². The van der Waals surface area contributed by atoms with Gasteiger partial charge in [-0.1, -0.05) is 27.8 Å². The van der Waals surface area contributed by atoms with Crippen LogP contribution >= 0.6 is 27.3 Å². The fourth-order valence-corrected chi connectivity index (χ4v) is 2.80. The van der Waals surface area contributed by atoms with E-state index in [1.54, 1.807) is 6.07 Å². The number of hydrogen-bond acceptors (Lipinski definition) is 5. The second-order valence-corrected chi connectivity index (χ2v) is 5.87. The Morgan fingerprint density at radius 1 is 1.43 bits per heavy atom. The zero-order valence-electron chi connectivity index (χ0n) is 10.8. The van der Waals surface area contributed by atoms with Gasteiger partial charge in [0.1, 0.15) is 12.4 Å². The molecule has 0 saturated heterocycles. The highest BCUT2D eigenvalue weighted by Crippen LogP contribution is 2.27. The van der Waals surface area contributed by atoms with Gasteiger partial charge in [-0.05, 0) is 17.5 Å². The number of hydrogen-bond donors (Lipinski definition) is 1. The molecule has 2 aromatic rings. The van der Waals surface area contributed by atoms with Crippen molar-refractivity contribution in [3.05, 3.63) is 54.7 Å². The summed E-state index contributed by atoms with van der Waals surface area (Å²) >= 11 is 4.75. The number of non-ortho nitro benzene ring substituents is 1. The first-order chi connectivity index (χ1) is 10.1. The second kappa shape index (κ2) is 7.22. The zero-order chi connectivity index (χ0) is 15.2. The molecule has 5 nitrogen and oxygen atoms in total. The third-order valence-electron chi connectivity index (χ3n) is 2.51. The molecular formula is C14H11BrN2O3S. The monoisotopic (exact) mass is 366 g/mol. The molecule has 2 rings (SSSR count). The lowest BCUT2D eigenvalue weighted by Gasteiger charge is -2.06. The van der Waals surface area contributed by atoms with Crippen LogP contribution < -0.4 is 10.5 Å². The van der Waals surface area contributed by atoms with E-state index >= 15 is 0 Å². The maximum absolute atomic E-state index is 10.8. The van der Waals surface area contributed by atoms with Crippen LogP contribution in [0.2, 0.25) is 0 Å². The predicted octanol–water partition coefficient (Wildman–Crippen LogP) is 3.31. The summed E-state index contributed by atoms with van der Waals surface area (Å²) in [6, 6.07) is 6.40. The summed E-state index contributed by atoms with van der Waals surface area (Å²) in [6.45, 7) is 0.605. The molecule has 0 bridgehead atoms. The first-order valence-electron chi connectivity index (χ1n) is 5.93. The summed E-state index contributed by atoms with van der Waals surface area (Å²) in [5.74, 6) is 6.20. The van der Waals surface area contributed by atoms with Gasteiger partial charge in [-0.25, -0.2) is 0 Å². The average molecular weight is 367 g/mol. The molecule has 0 aliphatic heterocycles. The molecule has 21 heavy (non-hydrogen) atoms. The van der Waals surface area contributed by atoms with Gasteiger partial charge in [0.05, 0.1) is 22.4 Å². The number of ether oxygens (including phenoxy) is 1. The molecule has 0 amide bonds. The smallest absolute Gasteiger partial charge is 0.274 e. The van der Waals surface area contributed by atoms with Gasteiger partial charge in [0.2, 0.25) is 0 Å². The van der Waals surface area contributed by atoms with Crippen LogP contribution in [0.4, 0.5) is 5.69 Å². The van der Waals surface area contributed by atoms with Crippen LogP contribution in [0.1, 0.15) is 10.4 Å². The summed E-state index contributed by atoms with van der Waals surface area (Å²) in [4.78, 5) is 11.3. The number of thiophene rings is 1. The van der Waals surface area contributed by atoms with Crippen molar-refractivity contribution in [3.63, 3.8) is 0 Å². The molecule has 0 saturated carbocycles. The largest absolute Gasteiger partial charge is 0.488 e. The van der Waals surface area contributed by atoms with Crippen LogP contribution in [0, 0.1) is 22.0 Å². The van der Waals surface area contributed by atoms with Crippen LogP contribution in [0.25, 0.3) is 0 Å². The third kappa shape index (κ3) is 4.29. The molecule has 108 valence electrons. The molecule has 0 atom stereocenters. The maximum Gasteiger partial charge on any atom is 0.274 e. The summed E-state index contributed by atoms with van der Waals surface area (Å²) in [5, 5.41) is 12.7. The van der Waals surface area contributed by atoms with E-state index in [9.17, 15) is 10.1 Å². The summed E-state index contributed by atoms with van der Waals surface area (Å²) < 4.78 is 6.22. The topological polar surface area (TPSA) is 78.4 Å². The Morgan fingerprint density at radius 2 is 2.24 bits per heavy atom. The predicted molar refractivity (Wildman–Crippen MR) is 85.4 cm³/mol. The third-order valence-corrected chi connectivity index (χ3v) is 3.86. The molecule has 0 aliphatic carbocycles. The summed E-state index contributed by atoms with van der Waals surface area (Å²) in [6.07, 6.45) is 0. The lowest BCUT2D eigenvalue weighted by atomic mass is 10.2. The van der Waals surface area contributed by atoms with E-state index in [0.717, 1.165) is 10.4 Å². The van der Waals surface area contributed by atoms with Crippen molar-refractivity contribution < 1.29 is 9.66 Å². The fourth-order valence-electron chi connectivity index (χ4n) is 1.60. The maximum atomic E-state index is 10.8. The fraction of sp³-hybridized carbons (Fsp3) is 0.143. The summed E-state index contributed by atoms with van der Waals surface area (Å²) in [5.41, 5.74) is 6.20. The van der Waals surface area contributed by atoms with E-state index < -0.39 is 4.92 Å². The first kappa shape index (κ1) is 15.5. The highest BCUT2D eigenvalue weighted by Gasteiger charge is 2.10. The number of nitro benzene ring substituents is 1. The molecule has 0 fully saturated rings. The molecule has 1 aromatic heterocycles. The van der Waals surface area contributed by atoms with E-state index in [0.29, 0.717) is 23.4 Å². The van der Waals surface area contributed by atoms with E-state index in [1.165, 1.54) is 23.5 Å². The van der Waals surface area contributed by atoms with E-state index in [2.05, 4.69) is 27.8 Å². The minimum atomic E-state index is -0.457. The standard InChI is InChI=1S/C14H11BrN2O3S/c15-11-6-12(17(18)19)8-13(7-11)20-9-14-10(2-1-4-16)3-5-21-14/h3,5-8H,4,9,16H2. The molecule has 0 aliphatic rings. The van der Waals surface area contributed by atoms with Gasteiger partial charge in [-0.15, -0.1) is 11.3 Å². The van der Waals surface area contributed by atoms with Crippen molar-refractivity contribution in [3.8, 4) is 17.6 Å². The van der Waals surface area contributed by atoms with Gasteiger partial charge in [-0.2, -0.15) is 0 Å². The van der Waals surface area contributed by atoms with Gasteiger partial charge in [0.25, 0.3) is 5.69 Å². The number of rotatable bonds is 4. The van der Waals surface area contributed by atoms with Crippen LogP contribution in [0.15, 0.2) is 34.1 Å². The minimum absolute atomic E-state index is 0.0197. The van der Waals surface area contributed by atoms with Crippen molar-refractivity contribution >= 4 is 33.0 Å². The van der Waals surface area contributed by atoms with Crippen LogP contribution in [0.5, 0.6) is 5.75 Å². The molecule has 0 spiro atoms. The van der Waals surface area contributed by atoms with Gasteiger partial charge < -0.3 is 10.5 Å². The quantitative estimate of drug-likeness (QED) is 0.511. The minimum Gasteiger partial charge on any atom is -0.488 e. The Balaban J connectivity index is 2.13.